The van der Waals surface area contributed by atoms with Gasteiger partial charge in [-0.25, -0.2) is 9.37 Å². The van der Waals surface area contributed by atoms with E-state index in [0.29, 0.717) is 25.5 Å². The van der Waals surface area contributed by atoms with Crippen molar-refractivity contribution in [2.75, 3.05) is 26.7 Å². The predicted molar refractivity (Wildman–Crippen MR) is 94.9 cm³/mol. The van der Waals surface area contributed by atoms with Gasteiger partial charge >= 0.3 is 6.18 Å². The monoisotopic (exact) mass is 398 g/mol. The first-order valence-corrected chi connectivity index (χ1v) is 9.05. The first-order chi connectivity index (χ1) is 13.2. The van der Waals surface area contributed by atoms with Gasteiger partial charge in [-0.05, 0) is 37.1 Å². The molecule has 1 saturated heterocycles. The van der Waals surface area contributed by atoms with Crippen molar-refractivity contribution in [3.05, 3.63) is 53.4 Å². The summed E-state index contributed by atoms with van der Waals surface area (Å²) in [4.78, 5) is 22.3. The van der Waals surface area contributed by atoms with Crippen LogP contribution in [0, 0.1) is 5.82 Å². The average Bonchev–Trinajstić information content (AvgIpc) is 3.14. The summed E-state index contributed by atoms with van der Waals surface area (Å²) in [5, 5.41) is 0. The number of alkyl halides is 3. The minimum atomic E-state index is -4.45. The van der Waals surface area contributed by atoms with E-state index in [0.717, 1.165) is 24.6 Å². The number of carbonyl (C=O) groups excluding carboxylic acids is 1. The maximum atomic E-state index is 13.0. The van der Waals surface area contributed by atoms with Gasteiger partial charge in [-0.15, -0.1) is 0 Å². The molecule has 1 amide bonds. The lowest BCUT2D eigenvalue weighted by molar-refractivity contribution is -0.141. The Kier molecular flexibility index (Phi) is 6.02. The smallest absolute Gasteiger partial charge is 0.340 e. The van der Waals surface area contributed by atoms with Crippen LogP contribution in [-0.2, 0) is 17.5 Å². The van der Waals surface area contributed by atoms with Crippen molar-refractivity contribution in [3.8, 4) is 0 Å². The number of benzene rings is 1. The molecule has 0 spiro atoms. The Balaban J connectivity index is 1.56. The Morgan fingerprint density at radius 3 is 2.68 bits per heavy atom. The van der Waals surface area contributed by atoms with Crippen LogP contribution < -0.4 is 0 Å². The number of imidazole rings is 1. The predicted octanol–water partition coefficient (Wildman–Crippen LogP) is 3.41. The number of carbonyl (C=O) groups is 1. The highest BCUT2D eigenvalue weighted by Gasteiger charge is 2.34. The van der Waals surface area contributed by atoms with Crippen LogP contribution in [0.15, 0.2) is 30.5 Å². The maximum Gasteiger partial charge on any atom is 0.432 e. The standard InChI is InChI=1S/C19H22F4N4O/c1-26(10-13-4-6-15(20)7-5-13)17(28)12-27-8-2-3-14(11-27)18-24-9-16(25-18)19(21,22)23/h4-7,9,14H,2-3,8,10-12H2,1H3,(H,24,25)/t14-/m1/s1. The number of hydrogen-bond acceptors (Lipinski definition) is 3. The van der Waals surface area contributed by atoms with Crippen LogP contribution in [0.1, 0.15) is 35.8 Å². The number of halogens is 4. The molecular formula is C19H22F4N4O. The molecule has 3 rings (SSSR count). The molecule has 9 heteroatoms. The van der Waals surface area contributed by atoms with Crippen molar-refractivity contribution in [2.45, 2.75) is 31.5 Å². The fourth-order valence-corrected chi connectivity index (χ4v) is 3.37. The third-order valence-electron chi connectivity index (χ3n) is 4.91. The van der Waals surface area contributed by atoms with E-state index in [1.807, 2.05) is 4.90 Å². The average molecular weight is 398 g/mol. The van der Waals surface area contributed by atoms with Crippen LogP contribution in [0.5, 0.6) is 0 Å². The minimum Gasteiger partial charge on any atom is -0.340 e. The van der Waals surface area contributed by atoms with Crippen LogP contribution in [0.25, 0.3) is 0 Å². The zero-order valence-corrected chi connectivity index (χ0v) is 15.5. The summed E-state index contributed by atoms with van der Waals surface area (Å²) in [6.45, 7) is 1.73. The maximum absolute atomic E-state index is 13.0. The van der Waals surface area contributed by atoms with E-state index in [2.05, 4.69) is 9.97 Å². The molecule has 1 fully saturated rings. The van der Waals surface area contributed by atoms with Crippen molar-refractivity contribution >= 4 is 5.91 Å². The van der Waals surface area contributed by atoms with Gasteiger partial charge in [0.15, 0.2) is 0 Å². The number of amides is 1. The number of piperidine rings is 1. The molecule has 28 heavy (non-hydrogen) atoms. The molecule has 0 radical (unpaired) electrons. The van der Waals surface area contributed by atoms with E-state index in [4.69, 9.17) is 0 Å². The summed E-state index contributed by atoms with van der Waals surface area (Å²) in [7, 11) is 1.68. The molecule has 152 valence electrons. The van der Waals surface area contributed by atoms with Crippen molar-refractivity contribution < 1.29 is 22.4 Å². The van der Waals surface area contributed by atoms with Crippen LogP contribution in [0.2, 0.25) is 0 Å². The lowest BCUT2D eigenvalue weighted by atomic mass is 9.97. The molecule has 1 aliphatic rings. The normalized spacial score (nSPS) is 18.2. The lowest BCUT2D eigenvalue weighted by Gasteiger charge is -2.32. The van der Waals surface area contributed by atoms with Gasteiger partial charge in [-0.1, -0.05) is 12.1 Å². The van der Waals surface area contributed by atoms with E-state index >= 15 is 0 Å². The highest BCUT2D eigenvalue weighted by atomic mass is 19.4. The van der Waals surface area contributed by atoms with E-state index in [1.54, 1.807) is 24.1 Å². The second-order valence-electron chi connectivity index (χ2n) is 7.13. The minimum absolute atomic E-state index is 0.0969. The van der Waals surface area contributed by atoms with E-state index < -0.39 is 11.9 Å². The summed E-state index contributed by atoms with van der Waals surface area (Å²) < 4.78 is 51.2. The van der Waals surface area contributed by atoms with Crippen LogP contribution in [-0.4, -0.2) is 52.4 Å². The number of rotatable bonds is 5. The summed E-state index contributed by atoms with van der Waals surface area (Å²) in [5.41, 5.74) is -0.0289. The summed E-state index contributed by atoms with van der Waals surface area (Å²) >= 11 is 0. The molecule has 1 aromatic carbocycles. The molecule has 0 bridgehead atoms. The second kappa shape index (κ2) is 8.30. The molecule has 1 N–H and O–H groups in total. The van der Waals surface area contributed by atoms with Crippen LogP contribution in [0.4, 0.5) is 17.6 Å². The van der Waals surface area contributed by atoms with Gasteiger partial charge in [0.05, 0.1) is 12.7 Å². The molecule has 0 saturated carbocycles. The molecule has 0 unspecified atom stereocenters. The van der Waals surface area contributed by atoms with Gasteiger partial charge in [0.1, 0.15) is 17.3 Å². The van der Waals surface area contributed by atoms with Crippen molar-refractivity contribution in [1.82, 2.24) is 19.8 Å². The quantitative estimate of drug-likeness (QED) is 0.786. The van der Waals surface area contributed by atoms with Gasteiger partial charge in [-0.3, -0.25) is 9.69 Å². The Morgan fingerprint density at radius 2 is 2.04 bits per heavy atom. The first kappa shape index (κ1) is 20.3. The SMILES string of the molecule is CN(Cc1ccc(F)cc1)C(=O)CN1CCC[C@@H](c2ncc(C(F)(F)F)[nH]2)C1. The Morgan fingerprint density at radius 1 is 1.32 bits per heavy atom. The third-order valence-corrected chi connectivity index (χ3v) is 4.91. The van der Waals surface area contributed by atoms with Crippen molar-refractivity contribution in [2.24, 2.45) is 0 Å². The van der Waals surface area contributed by atoms with Gasteiger partial charge < -0.3 is 9.88 Å². The van der Waals surface area contributed by atoms with Gasteiger partial charge in [0.25, 0.3) is 0 Å². The largest absolute Gasteiger partial charge is 0.432 e. The number of nitrogens with one attached hydrogen (secondary N) is 1. The van der Waals surface area contributed by atoms with Crippen LogP contribution in [0.3, 0.4) is 0 Å². The number of H-pyrrole nitrogens is 1. The topological polar surface area (TPSA) is 52.2 Å². The lowest BCUT2D eigenvalue weighted by Crippen LogP contribution is -2.42. The van der Waals surface area contributed by atoms with Gasteiger partial charge in [-0.2, -0.15) is 13.2 Å². The molecule has 1 atom stereocenters. The number of likely N-dealkylation sites (tertiary alicyclic amines) is 1. The number of nitrogens with zero attached hydrogens (tertiary/aromatic N) is 3. The van der Waals surface area contributed by atoms with E-state index in [-0.39, 0.29) is 24.2 Å². The molecular weight excluding hydrogens is 376 g/mol. The van der Waals surface area contributed by atoms with E-state index in [1.165, 1.54) is 12.1 Å². The summed E-state index contributed by atoms with van der Waals surface area (Å²) in [5.74, 6) is -0.284. The highest BCUT2D eigenvalue weighted by Crippen LogP contribution is 2.31. The number of likely N-dealkylation sites (N-methyl/N-ethyl adjacent to an activating group) is 1. The number of hydrogen-bond donors (Lipinski definition) is 1. The van der Waals surface area contributed by atoms with Gasteiger partial charge in [0.2, 0.25) is 5.91 Å². The molecule has 2 heterocycles. The molecule has 2 aromatic rings. The zero-order valence-electron chi connectivity index (χ0n) is 15.5. The molecule has 1 aliphatic heterocycles. The van der Waals surface area contributed by atoms with E-state index in [9.17, 15) is 22.4 Å². The summed E-state index contributed by atoms with van der Waals surface area (Å²) in [6.07, 6.45) is -2.13. The van der Waals surface area contributed by atoms with Gasteiger partial charge in [0, 0.05) is 26.1 Å². The van der Waals surface area contributed by atoms with Crippen molar-refractivity contribution in [1.29, 1.82) is 0 Å². The first-order valence-electron chi connectivity index (χ1n) is 9.05. The fourth-order valence-electron chi connectivity index (χ4n) is 3.37. The molecule has 1 aromatic heterocycles. The Bertz CT molecular complexity index is 803. The number of aromatic amines is 1. The molecule has 0 aliphatic carbocycles. The molecule has 5 nitrogen and oxygen atoms in total. The third kappa shape index (κ3) is 5.09. The highest BCUT2D eigenvalue weighted by molar-refractivity contribution is 5.78. The Labute approximate surface area is 160 Å². The number of aromatic nitrogens is 2. The fraction of sp³-hybridized carbons (Fsp3) is 0.474. The Hall–Kier alpha value is -2.42. The van der Waals surface area contributed by atoms with Crippen molar-refractivity contribution in [3.63, 3.8) is 0 Å². The summed E-state index contributed by atoms with van der Waals surface area (Å²) in [6, 6.07) is 5.96. The zero-order chi connectivity index (χ0) is 20.3. The van der Waals surface area contributed by atoms with Crippen LogP contribution >= 0.6 is 0 Å². The second-order valence-corrected chi connectivity index (χ2v) is 7.13.